The maximum Gasteiger partial charge on any atom is 0.306 e. The molecule has 0 aliphatic carbocycles. The summed E-state index contributed by atoms with van der Waals surface area (Å²) >= 11 is 0. The number of hydrogen-bond donors (Lipinski definition) is 2. The van der Waals surface area contributed by atoms with Crippen LogP contribution in [-0.4, -0.2) is 35.5 Å². The number of nitrogens with one attached hydrogen (secondary N) is 2. The van der Waals surface area contributed by atoms with Crippen LogP contribution in [0.4, 0.5) is 0 Å². The second-order valence-electron chi connectivity index (χ2n) is 6.10. The quantitative estimate of drug-likeness (QED) is 0.577. The molecule has 2 aromatic rings. The van der Waals surface area contributed by atoms with Crippen molar-refractivity contribution in [3.8, 4) is 0 Å². The van der Waals surface area contributed by atoms with E-state index in [9.17, 15) is 9.59 Å². The lowest BCUT2D eigenvalue weighted by Crippen LogP contribution is -2.32. The van der Waals surface area contributed by atoms with Gasteiger partial charge in [0, 0.05) is 18.4 Å². The molecule has 1 aromatic carbocycles. The van der Waals surface area contributed by atoms with Crippen LogP contribution in [0.3, 0.4) is 0 Å². The Morgan fingerprint density at radius 3 is 2.91 bits per heavy atom. The van der Waals surface area contributed by atoms with Crippen molar-refractivity contribution in [1.29, 1.82) is 0 Å². The van der Waals surface area contributed by atoms with Crippen molar-refractivity contribution >= 4 is 23.4 Å². The zero-order chi connectivity index (χ0) is 16.9. The molecule has 1 heterocycles. The maximum absolute atomic E-state index is 11.4. The molecule has 0 unspecified atom stereocenters. The average molecular weight is 317 g/mol. The minimum absolute atomic E-state index is 0.181. The topological polar surface area (TPSA) is 84.1 Å². The number of aryl methyl sites for hydroxylation is 1. The summed E-state index contributed by atoms with van der Waals surface area (Å²) in [6.07, 6.45) is 1.55. The Hall–Kier alpha value is -2.37. The second kappa shape index (κ2) is 7.26. The first-order valence-electron chi connectivity index (χ1n) is 7.78. The third-order valence-corrected chi connectivity index (χ3v) is 3.81. The first kappa shape index (κ1) is 17.0. The van der Waals surface area contributed by atoms with Gasteiger partial charge in [-0.2, -0.15) is 0 Å². The number of esters is 1. The lowest BCUT2D eigenvalue weighted by Gasteiger charge is -2.24. The molecule has 0 saturated heterocycles. The monoisotopic (exact) mass is 317 g/mol. The van der Waals surface area contributed by atoms with Crippen LogP contribution in [-0.2, 0) is 26.2 Å². The van der Waals surface area contributed by atoms with E-state index in [2.05, 4.69) is 29.1 Å². The van der Waals surface area contributed by atoms with Crippen molar-refractivity contribution in [3.63, 3.8) is 0 Å². The molecule has 0 aliphatic heterocycles. The van der Waals surface area contributed by atoms with Gasteiger partial charge < -0.3 is 15.0 Å². The average Bonchev–Trinajstić information content (AvgIpc) is 2.93. The zero-order valence-corrected chi connectivity index (χ0v) is 13.8. The number of hydrogen-bond acceptors (Lipinski definition) is 4. The zero-order valence-electron chi connectivity index (χ0n) is 13.8. The molecule has 0 radical (unpaired) electrons. The summed E-state index contributed by atoms with van der Waals surface area (Å²) in [7, 11) is 0. The van der Waals surface area contributed by atoms with Gasteiger partial charge in [0.05, 0.1) is 24.1 Å². The molecular formula is C17H23N3O3. The van der Waals surface area contributed by atoms with Gasteiger partial charge in [0.25, 0.3) is 0 Å². The summed E-state index contributed by atoms with van der Waals surface area (Å²) in [5.41, 5.74) is 2.72. The van der Waals surface area contributed by atoms with Crippen LogP contribution in [0, 0.1) is 0 Å². The fourth-order valence-corrected chi connectivity index (χ4v) is 2.45. The molecule has 1 amide bonds. The highest BCUT2D eigenvalue weighted by Crippen LogP contribution is 2.25. The molecule has 124 valence electrons. The Morgan fingerprint density at radius 2 is 2.22 bits per heavy atom. The summed E-state index contributed by atoms with van der Waals surface area (Å²) in [4.78, 5) is 29.7. The molecule has 0 saturated carbocycles. The minimum atomic E-state index is -0.213. The number of carbonyl (C=O) groups excluding carboxylic acids is 2. The Kier molecular flexibility index (Phi) is 5.36. The van der Waals surface area contributed by atoms with E-state index < -0.39 is 0 Å². The SMILES string of the molecule is CCOC(=O)CCc1nc2cc(C(C)(C)CNC=O)ccc2[nH]1. The minimum Gasteiger partial charge on any atom is -0.466 e. The van der Waals surface area contributed by atoms with Gasteiger partial charge in [-0.25, -0.2) is 4.98 Å². The first-order chi connectivity index (χ1) is 11.0. The molecule has 23 heavy (non-hydrogen) atoms. The number of fused-ring (bicyclic) bond motifs is 1. The van der Waals surface area contributed by atoms with Crippen LogP contribution >= 0.6 is 0 Å². The number of amides is 1. The second-order valence-corrected chi connectivity index (χ2v) is 6.10. The summed E-state index contributed by atoms with van der Waals surface area (Å²) in [6.45, 7) is 6.88. The van der Waals surface area contributed by atoms with Crippen molar-refractivity contribution in [2.24, 2.45) is 0 Å². The number of nitrogens with zero attached hydrogens (tertiary/aromatic N) is 1. The van der Waals surface area contributed by atoms with E-state index >= 15 is 0 Å². The predicted octanol–water partition coefficient (Wildman–Crippen LogP) is 2.08. The number of H-pyrrole nitrogens is 1. The molecule has 0 bridgehead atoms. The fourth-order valence-electron chi connectivity index (χ4n) is 2.45. The Bertz CT molecular complexity index is 691. The molecule has 6 heteroatoms. The van der Waals surface area contributed by atoms with E-state index in [1.54, 1.807) is 6.92 Å². The highest BCUT2D eigenvalue weighted by Gasteiger charge is 2.21. The lowest BCUT2D eigenvalue weighted by atomic mass is 9.84. The molecule has 6 nitrogen and oxygen atoms in total. The summed E-state index contributed by atoms with van der Waals surface area (Å²) in [5.74, 6) is 0.559. The Morgan fingerprint density at radius 1 is 1.43 bits per heavy atom. The van der Waals surface area contributed by atoms with E-state index in [1.165, 1.54) is 0 Å². The maximum atomic E-state index is 11.4. The number of ether oxygens (including phenoxy) is 1. The summed E-state index contributed by atoms with van der Waals surface area (Å²) in [5, 5.41) is 2.72. The molecular weight excluding hydrogens is 294 g/mol. The number of benzene rings is 1. The number of aromatic amines is 1. The van der Waals surface area contributed by atoms with Crippen molar-refractivity contribution < 1.29 is 14.3 Å². The van der Waals surface area contributed by atoms with Crippen molar-refractivity contribution in [1.82, 2.24) is 15.3 Å². The van der Waals surface area contributed by atoms with Crippen LogP contribution in [0.5, 0.6) is 0 Å². The van der Waals surface area contributed by atoms with Crippen LogP contribution in [0.15, 0.2) is 18.2 Å². The molecule has 0 atom stereocenters. The van der Waals surface area contributed by atoms with Crippen LogP contribution in [0.2, 0.25) is 0 Å². The van der Waals surface area contributed by atoms with Gasteiger partial charge in [-0.15, -0.1) is 0 Å². The Balaban J connectivity index is 2.14. The fraction of sp³-hybridized carbons (Fsp3) is 0.471. The van der Waals surface area contributed by atoms with Gasteiger partial charge in [0.15, 0.2) is 0 Å². The number of carbonyl (C=O) groups is 2. The molecule has 0 aliphatic rings. The molecule has 2 rings (SSSR count). The van der Waals surface area contributed by atoms with Crippen molar-refractivity contribution in [3.05, 3.63) is 29.6 Å². The molecule has 2 N–H and O–H groups in total. The smallest absolute Gasteiger partial charge is 0.306 e. The highest BCUT2D eigenvalue weighted by atomic mass is 16.5. The summed E-state index contributed by atoms with van der Waals surface area (Å²) < 4.78 is 4.92. The highest BCUT2D eigenvalue weighted by molar-refractivity contribution is 5.76. The molecule has 1 aromatic heterocycles. The third kappa shape index (κ3) is 4.31. The predicted molar refractivity (Wildman–Crippen MR) is 88.1 cm³/mol. The van der Waals surface area contributed by atoms with Crippen LogP contribution in [0.25, 0.3) is 11.0 Å². The van der Waals surface area contributed by atoms with Gasteiger partial charge in [0.2, 0.25) is 6.41 Å². The Labute approximate surface area is 135 Å². The van der Waals surface area contributed by atoms with Gasteiger partial charge in [-0.3, -0.25) is 9.59 Å². The van der Waals surface area contributed by atoms with E-state index in [0.717, 1.165) is 22.4 Å². The number of rotatable bonds is 8. The number of imidazole rings is 1. The molecule has 0 spiro atoms. The lowest BCUT2D eigenvalue weighted by molar-refractivity contribution is -0.143. The van der Waals surface area contributed by atoms with Gasteiger partial charge in [0.1, 0.15) is 5.82 Å². The van der Waals surface area contributed by atoms with Crippen LogP contribution in [0.1, 0.15) is 38.6 Å². The van der Waals surface area contributed by atoms with Gasteiger partial charge in [-0.05, 0) is 24.6 Å². The summed E-state index contributed by atoms with van der Waals surface area (Å²) in [6, 6.07) is 6.03. The van der Waals surface area contributed by atoms with E-state index in [4.69, 9.17) is 4.74 Å². The largest absolute Gasteiger partial charge is 0.466 e. The third-order valence-electron chi connectivity index (χ3n) is 3.81. The van der Waals surface area contributed by atoms with Crippen molar-refractivity contribution in [2.45, 2.75) is 39.0 Å². The first-order valence-corrected chi connectivity index (χ1v) is 7.78. The van der Waals surface area contributed by atoms with E-state index in [-0.39, 0.29) is 11.4 Å². The van der Waals surface area contributed by atoms with Crippen molar-refractivity contribution in [2.75, 3.05) is 13.2 Å². The van der Waals surface area contributed by atoms with E-state index in [0.29, 0.717) is 32.4 Å². The molecule has 0 fully saturated rings. The van der Waals surface area contributed by atoms with E-state index in [1.807, 2.05) is 18.2 Å². The number of aromatic nitrogens is 2. The van der Waals surface area contributed by atoms with Gasteiger partial charge >= 0.3 is 5.97 Å². The standard InChI is InChI=1S/C17H23N3O3/c1-4-23-16(22)8-7-15-19-13-6-5-12(9-14(13)20-15)17(2,3)10-18-11-21/h5-6,9,11H,4,7-8,10H2,1-3H3,(H,18,21)(H,19,20). The normalized spacial score (nSPS) is 11.4. The van der Waals surface area contributed by atoms with Crippen LogP contribution < -0.4 is 5.32 Å². The van der Waals surface area contributed by atoms with Gasteiger partial charge in [-0.1, -0.05) is 19.9 Å².